The molecule has 1 N–H and O–H groups in total. The van der Waals surface area contributed by atoms with Crippen molar-refractivity contribution in [2.45, 2.75) is 19.4 Å². The molecule has 0 fully saturated rings. The number of thiophene rings is 2. The normalized spacial score (nSPS) is 12.9. The summed E-state index contributed by atoms with van der Waals surface area (Å²) >= 11 is 10.7. The van der Waals surface area contributed by atoms with Crippen LogP contribution in [0.15, 0.2) is 31.2 Å². The van der Waals surface area contributed by atoms with E-state index in [1.807, 2.05) is 0 Å². The largest absolute Gasteiger partial charge is 0.306 e. The predicted molar refractivity (Wildman–Crippen MR) is 84.2 cm³/mol. The third-order valence-electron chi connectivity index (χ3n) is 2.43. The van der Waals surface area contributed by atoms with Gasteiger partial charge in [0, 0.05) is 9.35 Å². The second kappa shape index (κ2) is 6.48. The maximum atomic E-state index is 3.63. The van der Waals surface area contributed by atoms with E-state index in [0.29, 0.717) is 6.04 Å². The standard InChI is InChI=1S/C12H13Br2NS2/c1-2-4-15-11(8-6-10(14)17-7-8)12-9(13)3-5-16-12/h3,5-7,11,15H,2,4H2,1H3. The van der Waals surface area contributed by atoms with Gasteiger partial charge in [0.25, 0.3) is 0 Å². The van der Waals surface area contributed by atoms with E-state index in [0.717, 1.165) is 13.0 Å². The van der Waals surface area contributed by atoms with Crippen LogP contribution in [-0.2, 0) is 0 Å². The van der Waals surface area contributed by atoms with Crippen molar-refractivity contribution in [3.05, 3.63) is 41.6 Å². The molecule has 17 heavy (non-hydrogen) atoms. The Kier molecular flexibility index (Phi) is 5.24. The van der Waals surface area contributed by atoms with Crippen molar-refractivity contribution >= 4 is 54.5 Å². The Morgan fingerprint density at radius 2 is 2.18 bits per heavy atom. The van der Waals surface area contributed by atoms with Crippen LogP contribution in [0.2, 0.25) is 0 Å². The monoisotopic (exact) mass is 393 g/mol. The molecule has 1 atom stereocenters. The second-order valence-electron chi connectivity index (χ2n) is 3.70. The number of rotatable bonds is 5. The highest BCUT2D eigenvalue weighted by molar-refractivity contribution is 9.11. The SMILES string of the molecule is CCCNC(c1csc(Br)c1)c1sccc1Br. The summed E-state index contributed by atoms with van der Waals surface area (Å²) in [7, 11) is 0. The zero-order valence-electron chi connectivity index (χ0n) is 9.37. The van der Waals surface area contributed by atoms with Crippen LogP contribution in [0, 0.1) is 0 Å². The molecule has 0 aliphatic heterocycles. The first-order valence-corrected chi connectivity index (χ1v) is 8.77. The molecule has 0 saturated heterocycles. The van der Waals surface area contributed by atoms with E-state index >= 15 is 0 Å². The van der Waals surface area contributed by atoms with Gasteiger partial charge in [-0.25, -0.2) is 0 Å². The molecule has 0 saturated carbocycles. The van der Waals surface area contributed by atoms with Gasteiger partial charge in [-0.2, -0.15) is 0 Å². The summed E-state index contributed by atoms with van der Waals surface area (Å²) in [6.45, 7) is 3.22. The molecule has 1 unspecified atom stereocenters. The molecule has 0 radical (unpaired) electrons. The lowest BCUT2D eigenvalue weighted by molar-refractivity contribution is 0.606. The van der Waals surface area contributed by atoms with E-state index in [-0.39, 0.29) is 0 Å². The zero-order chi connectivity index (χ0) is 12.3. The number of hydrogen-bond donors (Lipinski definition) is 1. The third kappa shape index (κ3) is 3.41. The highest BCUT2D eigenvalue weighted by atomic mass is 79.9. The predicted octanol–water partition coefficient (Wildman–Crippen LogP) is 5.42. The lowest BCUT2D eigenvalue weighted by Crippen LogP contribution is -2.22. The van der Waals surface area contributed by atoms with Gasteiger partial charge in [0.1, 0.15) is 0 Å². The molecule has 2 aromatic rings. The quantitative estimate of drug-likeness (QED) is 0.713. The average molecular weight is 395 g/mol. The Bertz CT molecular complexity index is 478. The number of nitrogens with one attached hydrogen (secondary N) is 1. The fourth-order valence-electron chi connectivity index (χ4n) is 1.64. The van der Waals surface area contributed by atoms with Crippen LogP contribution in [-0.4, -0.2) is 6.54 Å². The highest BCUT2D eigenvalue weighted by Gasteiger charge is 2.18. The first kappa shape index (κ1) is 13.7. The minimum absolute atomic E-state index is 0.298. The summed E-state index contributed by atoms with van der Waals surface area (Å²) < 4.78 is 2.38. The smallest absolute Gasteiger partial charge is 0.0701 e. The van der Waals surface area contributed by atoms with Gasteiger partial charge in [-0.05, 0) is 73.3 Å². The number of halogens is 2. The van der Waals surface area contributed by atoms with E-state index in [9.17, 15) is 0 Å². The molecule has 92 valence electrons. The fraction of sp³-hybridized carbons (Fsp3) is 0.333. The molecule has 0 aliphatic carbocycles. The molecule has 2 heterocycles. The van der Waals surface area contributed by atoms with Gasteiger partial charge < -0.3 is 5.32 Å². The van der Waals surface area contributed by atoms with Crippen LogP contribution in [0.3, 0.4) is 0 Å². The highest BCUT2D eigenvalue weighted by Crippen LogP contribution is 2.35. The van der Waals surface area contributed by atoms with Crippen LogP contribution >= 0.6 is 54.5 Å². The molecule has 2 rings (SSSR count). The van der Waals surface area contributed by atoms with Crippen molar-refractivity contribution in [2.24, 2.45) is 0 Å². The van der Waals surface area contributed by atoms with Crippen molar-refractivity contribution in [1.29, 1.82) is 0 Å². The Balaban J connectivity index is 2.28. The van der Waals surface area contributed by atoms with Crippen LogP contribution in [0.1, 0.15) is 29.8 Å². The van der Waals surface area contributed by atoms with Crippen LogP contribution in [0.5, 0.6) is 0 Å². The summed E-state index contributed by atoms with van der Waals surface area (Å²) in [6.07, 6.45) is 1.14. The fourth-order valence-corrected chi connectivity index (χ4v) is 4.54. The minimum atomic E-state index is 0.298. The van der Waals surface area contributed by atoms with Gasteiger partial charge in [0.05, 0.1) is 9.83 Å². The van der Waals surface area contributed by atoms with Gasteiger partial charge in [-0.3, -0.25) is 0 Å². The topological polar surface area (TPSA) is 12.0 Å². The van der Waals surface area contributed by atoms with Crippen LogP contribution < -0.4 is 5.32 Å². The van der Waals surface area contributed by atoms with E-state index in [4.69, 9.17) is 0 Å². The van der Waals surface area contributed by atoms with Gasteiger partial charge in [0.15, 0.2) is 0 Å². The molecular weight excluding hydrogens is 382 g/mol. The van der Waals surface area contributed by atoms with E-state index < -0.39 is 0 Å². The Labute approximate surface area is 127 Å². The van der Waals surface area contributed by atoms with Crippen molar-refractivity contribution in [1.82, 2.24) is 5.32 Å². The van der Waals surface area contributed by atoms with Gasteiger partial charge in [-0.1, -0.05) is 6.92 Å². The lowest BCUT2D eigenvalue weighted by Gasteiger charge is -2.16. The Morgan fingerprint density at radius 1 is 1.35 bits per heavy atom. The van der Waals surface area contributed by atoms with Crippen molar-refractivity contribution in [3.8, 4) is 0 Å². The lowest BCUT2D eigenvalue weighted by atomic mass is 10.1. The molecule has 0 spiro atoms. The van der Waals surface area contributed by atoms with Crippen molar-refractivity contribution < 1.29 is 0 Å². The van der Waals surface area contributed by atoms with Gasteiger partial charge >= 0.3 is 0 Å². The summed E-state index contributed by atoms with van der Waals surface area (Å²) in [5, 5.41) is 7.95. The Hall–Kier alpha value is 0.320. The molecule has 5 heteroatoms. The van der Waals surface area contributed by atoms with Crippen LogP contribution in [0.4, 0.5) is 0 Å². The number of hydrogen-bond acceptors (Lipinski definition) is 3. The first-order valence-electron chi connectivity index (χ1n) is 5.42. The molecule has 0 bridgehead atoms. The van der Waals surface area contributed by atoms with Crippen molar-refractivity contribution in [3.63, 3.8) is 0 Å². The Morgan fingerprint density at radius 3 is 2.71 bits per heavy atom. The summed E-state index contributed by atoms with van der Waals surface area (Å²) in [5.41, 5.74) is 1.33. The summed E-state index contributed by atoms with van der Waals surface area (Å²) in [6, 6.07) is 4.61. The van der Waals surface area contributed by atoms with E-state index in [1.165, 1.54) is 18.7 Å². The maximum Gasteiger partial charge on any atom is 0.0701 e. The molecular formula is C12H13Br2NS2. The summed E-state index contributed by atoms with van der Waals surface area (Å²) in [5.74, 6) is 0. The molecule has 0 aliphatic rings. The zero-order valence-corrected chi connectivity index (χ0v) is 14.2. The summed E-state index contributed by atoms with van der Waals surface area (Å²) in [4.78, 5) is 1.35. The van der Waals surface area contributed by atoms with Gasteiger partial charge in [-0.15, -0.1) is 22.7 Å². The maximum absolute atomic E-state index is 3.63. The second-order valence-corrected chi connectivity index (χ2v) is 7.80. The van der Waals surface area contributed by atoms with Gasteiger partial charge in [0.2, 0.25) is 0 Å². The van der Waals surface area contributed by atoms with E-state index in [2.05, 4.69) is 67.0 Å². The van der Waals surface area contributed by atoms with E-state index in [1.54, 1.807) is 22.7 Å². The average Bonchev–Trinajstić information content (AvgIpc) is 2.90. The third-order valence-corrected chi connectivity index (χ3v) is 5.88. The van der Waals surface area contributed by atoms with Crippen molar-refractivity contribution in [2.75, 3.05) is 6.54 Å². The molecule has 0 amide bonds. The minimum Gasteiger partial charge on any atom is -0.306 e. The molecule has 0 aromatic carbocycles. The van der Waals surface area contributed by atoms with Crippen LogP contribution in [0.25, 0.3) is 0 Å². The molecule has 1 nitrogen and oxygen atoms in total. The first-order chi connectivity index (χ1) is 8.22. The molecule has 2 aromatic heterocycles.